The van der Waals surface area contributed by atoms with Crippen LogP contribution in [0.4, 0.5) is 0 Å². The van der Waals surface area contributed by atoms with Gasteiger partial charge in [0.15, 0.2) is 6.29 Å². The molecule has 0 saturated carbocycles. The zero-order valence-electron chi connectivity index (χ0n) is 11.3. The number of carboxylic acids is 3. The first kappa shape index (κ1) is 28.4. The summed E-state index contributed by atoms with van der Waals surface area (Å²) in [6, 6.07) is 0. The van der Waals surface area contributed by atoms with Crippen molar-refractivity contribution in [1.29, 1.82) is 0 Å². The Morgan fingerprint density at radius 1 is 0.900 bits per heavy atom. The van der Waals surface area contributed by atoms with E-state index in [1.54, 1.807) is 0 Å². The fourth-order valence-corrected chi connectivity index (χ4v) is 0.575. The summed E-state index contributed by atoms with van der Waals surface area (Å²) in [6.07, 6.45) is -1.51. The van der Waals surface area contributed by atoms with Gasteiger partial charge in [0.2, 0.25) is 0 Å². The number of hydrogen-bond donors (Lipinski definition) is 5. The molecule has 0 radical (unpaired) electrons. The molecule has 0 aromatic heterocycles. The van der Waals surface area contributed by atoms with Gasteiger partial charge in [-0.2, -0.15) is 0 Å². The molecular weight excluding hydrogens is 298 g/mol. The number of carbonyl (C=O) groups excluding carboxylic acids is 2. The molecule has 0 spiro atoms. The third kappa shape index (κ3) is 36.2. The van der Waals surface area contributed by atoms with Gasteiger partial charge < -0.3 is 45.8 Å². The Morgan fingerprint density at radius 2 is 1.30 bits per heavy atom. The Labute approximate surface area is 159 Å². The van der Waals surface area contributed by atoms with E-state index >= 15 is 0 Å². The molecule has 0 fully saturated rings. The molecule has 20 heavy (non-hydrogen) atoms. The summed E-state index contributed by atoms with van der Waals surface area (Å²) in [4.78, 5) is 29.0. The zero-order valence-corrected chi connectivity index (χ0v) is 15.3. The molecule has 0 bridgehead atoms. The predicted molar refractivity (Wildman–Crippen MR) is 51.6 cm³/mol. The normalized spacial score (nSPS) is 8.55. The van der Waals surface area contributed by atoms with Gasteiger partial charge in [0.25, 0.3) is 0 Å². The van der Waals surface area contributed by atoms with Crippen LogP contribution in [-0.2, 0) is 14.4 Å². The molecule has 0 heterocycles. The summed E-state index contributed by atoms with van der Waals surface area (Å²) in [6.45, 7) is -1.30. The topological polar surface area (TPSA) is 182 Å². The van der Waals surface area contributed by atoms with Crippen LogP contribution in [0.2, 0.25) is 0 Å². The van der Waals surface area contributed by atoms with Gasteiger partial charge in [0.1, 0.15) is 0 Å². The van der Waals surface area contributed by atoms with Crippen molar-refractivity contribution in [3.63, 3.8) is 0 Å². The third-order valence-electron chi connectivity index (χ3n) is 1.14. The van der Waals surface area contributed by atoms with Crippen LogP contribution in [-0.4, -0.2) is 65.7 Å². The van der Waals surface area contributed by atoms with E-state index in [2.05, 4.69) is 10.6 Å². The summed E-state index contributed by atoms with van der Waals surface area (Å²) < 4.78 is 0. The van der Waals surface area contributed by atoms with Crippen LogP contribution in [0.15, 0.2) is 0 Å². The molecule has 10 nitrogen and oxygen atoms in total. The maximum absolute atomic E-state index is 9.70. The molecule has 106 valence electrons. The van der Waals surface area contributed by atoms with E-state index in [1.807, 2.05) is 0 Å². The smallest absolute Gasteiger partial charge is 0.549 e. The van der Waals surface area contributed by atoms with Crippen LogP contribution in [0.5, 0.6) is 0 Å². The number of rotatable bonds is 8. The van der Waals surface area contributed by atoms with Crippen molar-refractivity contribution in [2.24, 2.45) is 0 Å². The molecular formula is C8H14N2Na2O8. The van der Waals surface area contributed by atoms with E-state index in [0.717, 1.165) is 0 Å². The number of nitrogens with one attached hydrogen (secondary N) is 2. The minimum absolute atomic E-state index is 0. The van der Waals surface area contributed by atoms with Gasteiger partial charge in [-0.25, -0.2) is 0 Å². The standard InChI is InChI=1S/C4H9NO4.C4H7NO4.2Na/c2*6-3(7)1-5-2-4(8)9;;/h3,5-7H,1-2H2,(H,8,9);5H,1-2H2,(H,6,7)(H,8,9);;/q;;2*+1/p-2. The van der Waals surface area contributed by atoms with E-state index in [4.69, 9.17) is 15.3 Å². The van der Waals surface area contributed by atoms with Crippen LogP contribution >= 0.6 is 0 Å². The molecule has 12 heteroatoms. The van der Waals surface area contributed by atoms with Crippen molar-refractivity contribution >= 4 is 17.9 Å². The molecule has 0 aliphatic heterocycles. The average molecular weight is 312 g/mol. The summed E-state index contributed by atoms with van der Waals surface area (Å²) in [7, 11) is 0. The molecule has 0 atom stereocenters. The third-order valence-corrected chi connectivity index (χ3v) is 1.14. The molecule has 0 aromatic carbocycles. The number of carbonyl (C=O) groups is 3. The zero-order chi connectivity index (χ0) is 14.6. The molecule has 0 aromatic rings. The fourth-order valence-electron chi connectivity index (χ4n) is 0.575. The Morgan fingerprint density at radius 3 is 1.60 bits per heavy atom. The Hall–Kier alpha value is 0.250. The first-order valence-electron chi connectivity index (χ1n) is 4.64. The van der Waals surface area contributed by atoms with E-state index < -0.39 is 30.7 Å². The SMILES string of the molecule is O=C([O-])CNCC(=O)O.O=C([O-])CNCC(O)O.[Na+].[Na+]. The first-order chi connectivity index (χ1) is 8.25. The fraction of sp³-hybridized carbons (Fsp3) is 0.625. The van der Waals surface area contributed by atoms with Crippen molar-refractivity contribution in [1.82, 2.24) is 10.6 Å². The molecule has 0 aliphatic carbocycles. The maximum atomic E-state index is 9.70. The Balaban J connectivity index is -0.000000116. The second kappa shape index (κ2) is 19.2. The van der Waals surface area contributed by atoms with Crippen LogP contribution in [0, 0.1) is 0 Å². The number of aliphatic carboxylic acids is 3. The van der Waals surface area contributed by atoms with Gasteiger partial charge in [0, 0.05) is 19.6 Å². The predicted octanol–water partition coefficient (Wildman–Crippen LogP) is -11.9. The van der Waals surface area contributed by atoms with Crippen LogP contribution in [0.3, 0.4) is 0 Å². The van der Waals surface area contributed by atoms with E-state index in [1.165, 1.54) is 0 Å². The molecule has 0 rings (SSSR count). The van der Waals surface area contributed by atoms with Crippen LogP contribution < -0.4 is 80.0 Å². The molecule has 0 aliphatic rings. The quantitative estimate of drug-likeness (QED) is 0.213. The molecule has 5 N–H and O–H groups in total. The second-order valence-corrected chi connectivity index (χ2v) is 2.85. The number of aliphatic hydroxyl groups is 2. The van der Waals surface area contributed by atoms with E-state index in [0.29, 0.717) is 0 Å². The van der Waals surface area contributed by atoms with Crippen LogP contribution in [0.25, 0.3) is 0 Å². The van der Waals surface area contributed by atoms with E-state index in [-0.39, 0.29) is 78.7 Å². The van der Waals surface area contributed by atoms with Crippen molar-refractivity contribution in [2.45, 2.75) is 6.29 Å². The number of hydrogen-bond acceptors (Lipinski definition) is 9. The van der Waals surface area contributed by atoms with Gasteiger partial charge in [-0.05, 0) is 0 Å². The van der Waals surface area contributed by atoms with Gasteiger partial charge in [-0.15, -0.1) is 0 Å². The van der Waals surface area contributed by atoms with Crippen molar-refractivity contribution in [3.8, 4) is 0 Å². The number of aliphatic hydroxyl groups excluding tert-OH is 1. The maximum Gasteiger partial charge on any atom is 1.00 e. The first-order valence-corrected chi connectivity index (χ1v) is 4.64. The van der Waals surface area contributed by atoms with Gasteiger partial charge in [-0.3, -0.25) is 4.79 Å². The molecule has 0 saturated heterocycles. The Kier molecular flexibility index (Phi) is 27.4. The van der Waals surface area contributed by atoms with Gasteiger partial charge in [-0.1, -0.05) is 0 Å². The minimum Gasteiger partial charge on any atom is -0.549 e. The molecule has 0 unspecified atom stereocenters. The summed E-state index contributed by atoms with van der Waals surface area (Å²) in [5, 5.41) is 47.8. The second-order valence-electron chi connectivity index (χ2n) is 2.85. The summed E-state index contributed by atoms with van der Waals surface area (Å²) in [5.74, 6) is -3.66. The van der Waals surface area contributed by atoms with Crippen molar-refractivity contribution < 1.29 is 99.0 Å². The average Bonchev–Trinajstić information content (AvgIpc) is 2.15. The van der Waals surface area contributed by atoms with Crippen molar-refractivity contribution in [3.05, 3.63) is 0 Å². The van der Waals surface area contributed by atoms with Gasteiger partial charge >= 0.3 is 65.1 Å². The number of carboxylic acid groups (broad SMARTS) is 3. The van der Waals surface area contributed by atoms with E-state index in [9.17, 15) is 24.6 Å². The monoisotopic (exact) mass is 312 g/mol. The summed E-state index contributed by atoms with van der Waals surface area (Å²) >= 11 is 0. The van der Waals surface area contributed by atoms with Gasteiger partial charge in [0.05, 0.1) is 18.5 Å². The summed E-state index contributed by atoms with van der Waals surface area (Å²) in [5.41, 5.74) is 0. The van der Waals surface area contributed by atoms with Crippen molar-refractivity contribution in [2.75, 3.05) is 26.2 Å². The molecule has 0 amide bonds. The van der Waals surface area contributed by atoms with Crippen LogP contribution in [0.1, 0.15) is 0 Å². The Bertz CT molecular complexity index is 263. The largest absolute Gasteiger partial charge is 1.00 e. The minimum atomic E-state index is -1.51.